The maximum absolute atomic E-state index is 10.7. The van der Waals surface area contributed by atoms with Gasteiger partial charge in [0.25, 0.3) is 0 Å². The minimum Gasteiger partial charge on any atom is -0.476 e. The van der Waals surface area contributed by atoms with Crippen LogP contribution in [0.2, 0.25) is 0 Å². The Labute approximate surface area is 100 Å². The van der Waals surface area contributed by atoms with Crippen molar-refractivity contribution in [1.82, 2.24) is 19.9 Å². The van der Waals surface area contributed by atoms with Gasteiger partial charge < -0.3 is 10.0 Å². The quantitative estimate of drug-likeness (QED) is 0.848. The van der Waals surface area contributed by atoms with Crippen molar-refractivity contribution in [2.24, 2.45) is 0 Å². The van der Waals surface area contributed by atoms with Crippen LogP contribution in [-0.2, 0) is 0 Å². The van der Waals surface area contributed by atoms with Gasteiger partial charge in [0.15, 0.2) is 5.69 Å². The minimum atomic E-state index is -1.02. The molecule has 0 spiro atoms. The lowest BCUT2D eigenvalue weighted by atomic mass is 10.1. The van der Waals surface area contributed by atoms with E-state index in [0.717, 1.165) is 38.9 Å². The Morgan fingerprint density at radius 2 is 2.47 bits per heavy atom. The fraction of sp³-hybridized carbons (Fsp3) is 0.727. The first-order valence-electron chi connectivity index (χ1n) is 6.08. The summed E-state index contributed by atoms with van der Waals surface area (Å²) in [5.41, 5.74) is 0.0256. The first kappa shape index (κ1) is 12.0. The van der Waals surface area contributed by atoms with E-state index in [0.29, 0.717) is 0 Å². The molecule has 0 saturated carbocycles. The number of rotatable bonds is 4. The van der Waals surface area contributed by atoms with Crippen LogP contribution in [0.15, 0.2) is 6.20 Å². The van der Waals surface area contributed by atoms with Gasteiger partial charge in [-0.3, -0.25) is 0 Å². The Hall–Kier alpha value is -1.43. The smallest absolute Gasteiger partial charge is 0.358 e. The Morgan fingerprint density at radius 3 is 3.12 bits per heavy atom. The van der Waals surface area contributed by atoms with Crippen LogP contribution in [0.25, 0.3) is 0 Å². The van der Waals surface area contributed by atoms with Gasteiger partial charge in [-0.2, -0.15) is 0 Å². The zero-order valence-electron chi connectivity index (χ0n) is 10.0. The summed E-state index contributed by atoms with van der Waals surface area (Å²) in [6.45, 7) is 5.33. The maximum Gasteiger partial charge on any atom is 0.358 e. The summed E-state index contributed by atoms with van der Waals surface area (Å²) < 4.78 is 1.70. The molecule has 1 aromatic rings. The van der Waals surface area contributed by atoms with Crippen molar-refractivity contribution >= 4 is 5.97 Å². The van der Waals surface area contributed by atoms with E-state index in [-0.39, 0.29) is 11.7 Å². The highest BCUT2D eigenvalue weighted by atomic mass is 16.4. The fourth-order valence-corrected chi connectivity index (χ4v) is 2.32. The van der Waals surface area contributed by atoms with Crippen LogP contribution in [0.5, 0.6) is 0 Å². The van der Waals surface area contributed by atoms with Crippen LogP contribution in [0.4, 0.5) is 0 Å². The Morgan fingerprint density at radius 1 is 1.65 bits per heavy atom. The molecule has 1 aromatic heterocycles. The zero-order valence-corrected chi connectivity index (χ0v) is 10.0. The largest absolute Gasteiger partial charge is 0.476 e. The normalized spacial score (nSPS) is 21.6. The summed E-state index contributed by atoms with van der Waals surface area (Å²) in [6.07, 6.45) is 4.85. The third kappa shape index (κ3) is 2.82. The number of hydrogen-bond donors (Lipinski definition) is 1. The molecule has 6 nitrogen and oxygen atoms in total. The Bertz CT molecular complexity index is 389. The van der Waals surface area contributed by atoms with Gasteiger partial charge >= 0.3 is 5.97 Å². The number of carboxylic acids is 1. The summed E-state index contributed by atoms with van der Waals surface area (Å²) >= 11 is 0. The summed E-state index contributed by atoms with van der Waals surface area (Å²) in [6, 6.07) is 0.260. The van der Waals surface area contributed by atoms with Gasteiger partial charge in [-0.15, -0.1) is 5.10 Å². The van der Waals surface area contributed by atoms with Gasteiger partial charge in [-0.1, -0.05) is 12.1 Å². The molecule has 17 heavy (non-hydrogen) atoms. The molecule has 2 heterocycles. The highest BCUT2D eigenvalue weighted by molar-refractivity contribution is 5.84. The number of nitrogens with zero attached hydrogens (tertiary/aromatic N) is 4. The molecule has 1 atom stereocenters. The molecule has 1 aliphatic heterocycles. The molecule has 1 fully saturated rings. The molecule has 1 aliphatic rings. The number of piperidine rings is 1. The highest BCUT2D eigenvalue weighted by Gasteiger charge is 2.22. The Kier molecular flexibility index (Phi) is 3.73. The highest BCUT2D eigenvalue weighted by Crippen LogP contribution is 2.20. The predicted octanol–water partition coefficient (Wildman–Crippen LogP) is 1.02. The van der Waals surface area contributed by atoms with E-state index in [9.17, 15) is 4.79 Å². The molecule has 1 saturated heterocycles. The number of aromatic nitrogens is 3. The van der Waals surface area contributed by atoms with E-state index in [1.807, 2.05) is 0 Å². The van der Waals surface area contributed by atoms with Gasteiger partial charge in [0, 0.05) is 6.54 Å². The first-order valence-corrected chi connectivity index (χ1v) is 6.08. The van der Waals surface area contributed by atoms with Crippen molar-refractivity contribution in [2.75, 3.05) is 19.6 Å². The minimum absolute atomic E-state index is 0.0256. The van der Waals surface area contributed by atoms with E-state index in [1.54, 1.807) is 4.68 Å². The number of carbonyl (C=O) groups is 1. The van der Waals surface area contributed by atoms with Crippen LogP contribution < -0.4 is 0 Å². The van der Waals surface area contributed by atoms with Crippen LogP contribution in [0, 0.1) is 0 Å². The van der Waals surface area contributed by atoms with Gasteiger partial charge in [0.05, 0.1) is 12.2 Å². The van der Waals surface area contributed by atoms with Crippen molar-refractivity contribution < 1.29 is 9.90 Å². The van der Waals surface area contributed by atoms with Crippen molar-refractivity contribution in [2.45, 2.75) is 32.2 Å². The van der Waals surface area contributed by atoms with Crippen LogP contribution >= 0.6 is 0 Å². The number of hydrogen-bond acceptors (Lipinski definition) is 4. The summed E-state index contributed by atoms with van der Waals surface area (Å²) in [4.78, 5) is 13.1. The fourth-order valence-electron chi connectivity index (χ4n) is 2.32. The number of aromatic carboxylic acids is 1. The lowest BCUT2D eigenvalue weighted by Crippen LogP contribution is -2.37. The molecule has 0 aliphatic carbocycles. The second kappa shape index (κ2) is 5.27. The monoisotopic (exact) mass is 238 g/mol. The number of carboxylic acid groups (broad SMARTS) is 1. The molecule has 0 radical (unpaired) electrons. The second-order valence-electron chi connectivity index (χ2n) is 4.49. The van der Waals surface area contributed by atoms with E-state index < -0.39 is 5.97 Å². The summed E-state index contributed by atoms with van der Waals surface area (Å²) in [5, 5.41) is 16.4. The van der Waals surface area contributed by atoms with Crippen LogP contribution in [0.3, 0.4) is 0 Å². The van der Waals surface area contributed by atoms with Gasteiger partial charge in [0.1, 0.15) is 0 Å². The maximum atomic E-state index is 10.7. The molecule has 0 amide bonds. The molecule has 2 rings (SSSR count). The van der Waals surface area contributed by atoms with Gasteiger partial charge in [-0.25, -0.2) is 9.48 Å². The van der Waals surface area contributed by atoms with Crippen molar-refractivity contribution in [3.05, 3.63) is 11.9 Å². The van der Waals surface area contributed by atoms with Gasteiger partial charge in [-0.05, 0) is 32.4 Å². The lowest BCUT2D eigenvalue weighted by Gasteiger charge is -2.32. The standard InChI is InChI=1S/C11H18N4O2/c1-2-5-14-6-3-4-9(7-14)15-8-10(11(16)17)12-13-15/h8-9H,2-7H2,1H3,(H,16,17)/t9-/m1/s1. The molecule has 94 valence electrons. The number of likely N-dealkylation sites (tertiary alicyclic amines) is 1. The Balaban J connectivity index is 2.02. The third-order valence-electron chi connectivity index (χ3n) is 3.12. The van der Waals surface area contributed by atoms with Gasteiger partial charge in [0.2, 0.25) is 0 Å². The summed E-state index contributed by atoms with van der Waals surface area (Å²) in [7, 11) is 0. The van der Waals surface area contributed by atoms with Crippen molar-refractivity contribution in [3.8, 4) is 0 Å². The van der Waals surface area contributed by atoms with Crippen molar-refractivity contribution in [1.29, 1.82) is 0 Å². The van der Waals surface area contributed by atoms with Crippen LogP contribution in [-0.4, -0.2) is 50.6 Å². The average molecular weight is 238 g/mol. The van der Waals surface area contributed by atoms with E-state index in [1.165, 1.54) is 6.20 Å². The molecule has 0 unspecified atom stereocenters. The predicted molar refractivity (Wildman–Crippen MR) is 62.0 cm³/mol. The SMILES string of the molecule is CCCN1CCC[C@@H](n2cc(C(=O)O)nn2)C1. The van der Waals surface area contributed by atoms with E-state index in [2.05, 4.69) is 22.1 Å². The molecule has 0 bridgehead atoms. The van der Waals surface area contributed by atoms with E-state index >= 15 is 0 Å². The third-order valence-corrected chi connectivity index (χ3v) is 3.12. The molecule has 1 N–H and O–H groups in total. The first-order chi connectivity index (χ1) is 8.20. The molecular weight excluding hydrogens is 220 g/mol. The zero-order chi connectivity index (χ0) is 12.3. The topological polar surface area (TPSA) is 71.2 Å². The van der Waals surface area contributed by atoms with Crippen molar-refractivity contribution in [3.63, 3.8) is 0 Å². The molecule has 0 aromatic carbocycles. The molecular formula is C11H18N4O2. The van der Waals surface area contributed by atoms with E-state index in [4.69, 9.17) is 5.11 Å². The van der Waals surface area contributed by atoms with Crippen LogP contribution in [0.1, 0.15) is 42.7 Å². The second-order valence-corrected chi connectivity index (χ2v) is 4.49. The average Bonchev–Trinajstić information content (AvgIpc) is 2.79. The summed E-state index contributed by atoms with van der Waals surface area (Å²) in [5.74, 6) is -1.02. The lowest BCUT2D eigenvalue weighted by molar-refractivity contribution is 0.0690. The molecule has 6 heteroatoms.